The van der Waals surface area contributed by atoms with E-state index in [-0.39, 0.29) is 23.0 Å². The standard InChI is InChI=1S/C28H30Cl3N3O4S/c1-3-4-15-32-28(36)20(2)33(18-21-13-14-23(30)17-26(21)31)27(35)19-34(24-10-8-9-22(29)16-24)39(37,38)25-11-6-5-7-12-25/h5-14,16-17,20H,3-4,15,18-19H2,1-2H3,(H,32,36). The molecule has 3 aromatic carbocycles. The Bertz CT molecular complexity index is 1400. The predicted molar refractivity (Wildman–Crippen MR) is 157 cm³/mol. The van der Waals surface area contributed by atoms with Crippen molar-refractivity contribution in [2.24, 2.45) is 0 Å². The highest BCUT2D eigenvalue weighted by atomic mass is 35.5. The van der Waals surface area contributed by atoms with Gasteiger partial charge in [-0.25, -0.2) is 8.42 Å². The van der Waals surface area contributed by atoms with Crippen molar-refractivity contribution in [1.29, 1.82) is 0 Å². The van der Waals surface area contributed by atoms with E-state index in [9.17, 15) is 18.0 Å². The molecule has 0 saturated heterocycles. The first-order valence-electron chi connectivity index (χ1n) is 12.4. The SMILES string of the molecule is CCCCNC(=O)C(C)N(Cc1ccc(Cl)cc1Cl)C(=O)CN(c1cccc(Cl)c1)S(=O)(=O)c1ccccc1. The summed E-state index contributed by atoms with van der Waals surface area (Å²) in [5, 5.41) is 3.89. The van der Waals surface area contributed by atoms with Crippen LogP contribution in [0.4, 0.5) is 5.69 Å². The van der Waals surface area contributed by atoms with Crippen LogP contribution >= 0.6 is 34.8 Å². The number of nitrogens with one attached hydrogen (secondary N) is 1. The van der Waals surface area contributed by atoms with Gasteiger partial charge in [0.25, 0.3) is 10.0 Å². The van der Waals surface area contributed by atoms with Gasteiger partial charge in [0, 0.05) is 28.2 Å². The lowest BCUT2D eigenvalue weighted by Crippen LogP contribution is -2.51. The van der Waals surface area contributed by atoms with Crippen LogP contribution in [0.1, 0.15) is 32.3 Å². The van der Waals surface area contributed by atoms with Crippen molar-refractivity contribution >= 4 is 62.3 Å². The molecule has 0 fully saturated rings. The second-order valence-corrected chi connectivity index (χ2v) is 12.0. The Morgan fingerprint density at radius 2 is 1.62 bits per heavy atom. The number of carbonyl (C=O) groups is 2. The van der Waals surface area contributed by atoms with Gasteiger partial charge in [-0.1, -0.05) is 78.5 Å². The molecule has 0 heterocycles. The Balaban J connectivity index is 2.01. The van der Waals surface area contributed by atoms with E-state index >= 15 is 0 Å². The van der Waals surface area contributed by atoms with E-state index in [1.807, 2.05) is 6.92 Å². The van der Waals surface area contributed by atoms with Gasteiger partial charge in [0.2, 0.25) is 11.8 Å². The van der Waals surface area contributed by atoms with Crippen LogP contribution in [0.25, 0.3) is 0 Å². The zero-order valence-electron chi connectivity index (χ0n) is 21.6. The number of hydrogen-bond acceptors (Lipinski definition) is 4. The molecule has 0 spiro atoms. The third-order valence-corrected chi connectivity index (χ3v) is 8.67. The van der Waals surface area contributed by atoms with Gasteiger partial charge >= 0.3 is 0 Å². The summed E-state index contributed by atoms with van der Waals surface area (Å²) in [6.07, 6.45) is 1.68. The van der Waals surface area contributed by atoms with Crippen molar-refractivity contribution in [2.75, 3.05) is 17.4 Å². The fourth-order valence-electron chi connectivity index (χ4n) is 3.83. The van der Waals surface area contributed by atoms with Crippen LogP contribution < -0.4 is 9.62 Å². The monoisotopic (exact) mass is 609 g/mol. The minimum atomic E-state index is -4.17. The molecule has 7 nitrogen and oxygen atoms in total. The first kappa shape index (κ1) is 30.8. The summed E-state index contributed by atoms with van der Waals surface area (Å²) < 4.78 is 28.4. The topological polar surface area (TPSA) is 86.8 Å². The summed E-state index contributed by atoms with van der Waals surface area (Å²) in [5.74, 6) is -0.958. The van der Waals surface area contributed by atoms with E-state index in [2.05, 4.69) is 5.32 Å². The lowest BCUT2D eigenvalue weighted by Gasteiger charge is -2.32. The lowest BCUT2D eigenvalue weighted by molar-refractivity contribution is -0.139. The summed E-state index contributed by atoms with van der Waals surface area (Å²) in [5.41, 5.74) is 0.770. The molecular weight excluding hydrogens is 581 g/mol. The summed E-state index contributed by atoms with van der Waals surface area (Å²) in [6, 6.07) is 18.0. The highest BCUT2D eigenvalue weighted by Crippen LogP contribution is 2.28. The normalized spacial score (nSPS) is 12.0. The molecule has 0 bridgehead atoms. The lowest BCUT2D eigenvalue weighted by atomic mass is 10.1. The summed E-state index contributed by atoms with van der Waals surface area (Å²) in [4.78, 5) is 28.2. The Morgan fingerprint density at radius 3 is 2.26 bits per heavy atom. The number of rotatable bonds is 12. The second-order valence-electron chi connectivity index (χ2n) is 8.88. The fraction of sp³-hybridized carbons (Fsp3) is 0.286. The van der Waals surface area contributed by atoms with Crippen molar-refractivity contribution in [1.82, 2.24) is 10.2 Å². The number of amides is 2. The molecule has 0 aliphatic rings. The van der Waals surface area contributed by atoms with Gasteiger partial charge in [0.15, 0.2) is 0 Å². The molecule has 208 valence electrons. The van der Waals surface area contributed by atoms with Crippen molar-refractivity contribution in [2.45, 2.75) is 44.2 Å². The molecule has 11 heteroatoms. The van der Waals surface area contributed by atoms with Gasteiger partial charge in [-0.15, -0.1) is 0 Å². The maximum atomic E-state index is 13.9. The molecule has 0 aliphatic heterocycles. The van der Waals surface area contributed by atoms with Gasteiger partial charge in [0.1, 0.15) is 12.6 Å². The van der Waals surface area contributed by atoms with E-state index in [0.717, 1.165) is 17.1 Å². The van der Waals surface area contributed by atoms with Crippen LogP contribution in [0.2, 0.25) is 15.1 Å². The average molecular weight is 611 g/mol. The highest BCUT2D eigenvalue weighted by Gasteiger charge is 2.32. The van der Waals surface area contributed by atoms with E-state index in [1.165, 1.54) is 23.1 Å². The molecule has 3 rings (SSSR count). The van der Waals surface area contributed by atoms with Crippen molar-refractivity contribution in [3.63, 3.8) is 0 Å². The minimum absolute atomic E-state index is 0.00966. The smallest absolute Gasteiger partial charge is 0.264 e. The second kappa shape index (κ2) is 14.0. The van der Waals surface area contributed by atoms with E-state index in [0.29, 0.717) is 27.2 Å². The zero-order valence-corrected chi connectivity index (χ0v) is 24.7. The molecule has 0 aromatic heterocycles. The van der Waals surface area contributed by atoms with Gasteiger partial charge < -0.3 is 10.2 Å². The molecule has 0 saturated carbocycles. The maximum absolute atomic E-state index is 13.9. The highest BCUT2D eigenvalue weighted by molar-refractivity contribution is 7.92. The molecule has 39 heavy (non-hydrogen) atoms. The van der Waals surface area contributed by atoms with E-state index in [4.69, 9.17) is 34.8 Å². The van der Waals surface area contributed by atoms with Crippen molar-refractivity contribution < 1.29 is 18.0 Å². The van der Waals surface area contributed by atoms with Crippen LogP contribution in [0.5, 0.6) is 0 Å². The van der Waals surface area contributed by atoms with Gasteiger partial charge in [-0.2, -0.15) is 0 Å². The van der Waals surface area contributed by atoms with Crippen LogP contribution in [0.3, 0.4) is 0 Å². The molecule has 3 aromatic rings. The Hall–Kier alpha value is -2.78. The quantitative estimate of drug-likeness (QED) is 0.248. The van der Waals surface area contributed by atoms with Crippen LogP contribution in [-0.4, -0.2) is 44.3 Å². The molecular formula is C28H30Cl3N3O4S. The number of hydrogen-bond donors (Lipinski definition) is 1. The number of benzene rings is 3. The van der Waals surface area contributed by atoms with Crippen LogP contribution in [0.15, 0.2) is 77.7 Å². The number of anilines is 1. The number of halogens is 3. The molecule has 0 aliphatic carbocycles. The fourth-order valence-corrected chi connectivity index (χ4v) is 5.91. The Labute approximate surface area is 244 Å². The van der Waals surface area contributed by atoms with Crippen molar-refractivity contribution in [3.05, 3.63) is 93.4 Å². The third kappa shape index (κ3) is 8.11. The summed E-state index contributed by atoms with van der Waals surface area (Å²) >= 11 is 18.6. The molecule has 1 N–H and O–H groups in total. The van der Waals surface area contributed by atoms with Crippen molar-refractivity contribution in [3.8, 4) is 0 Å². The average Bonchev–Trinajstić information content (AvgIpc) is 2.91. The van der Waals surface area contributed by atoms with E-state index in [1.54, 1.807) is 61.5 Å². The number of unbranched alkanes of at least 4 members (excludes halogenated alkanes) is 1. The maximum Gasteiger partial charge on any atom is 0.264 e. The molecule has 0 radical (unpaired) electrons. The molecule has 1 atom stereocenters. The number of carbonyl (C=O) groups excluding carboxylic acids is 2. The Morgan fingerprint density at radius 1 is 0.923 bits per heavy atom. The Kier molecular flexibility index (Phi) is 11.1. The molecule has 2 amide bonds. The minimum Gasteiger partial charge on any atom is -0.354 e. The predicted octanol–water partition coefficient (Wildman–Crippen LogP) is 6.18. The van der Waals surface area contributed by atoms with E-state index < -0.39 is 28.5 Å². The van der Waals surface area contributed by atoms with Crippen LogP contribution in [-0.2, 0) is 26.2 Å². The first-order valence-corrected chi connectivity index (χ1v) is 15.0. The number of sulfonamides is 1. The van der Waals surface area contributed by atoms with Gasteiger partial charge in [0.05, 0.1) is 10.6 Å². The molecule has 1 unspecified atom stereocenters. The summed E-state index contributed by atoms with van der Waals surface area (Å²) in [7, 11) is -4.17. The zero-order chi connectivity index (χ0) is 28.6. The summed E-state index contributed by atoms with van der Waals surface area (Å²) in [6.45, 7) is 3.45. The third-order valence-electron chi connectivity index (χ3n) is 6.06. The number of nitrogens with zero attached hydrogens (tertiary/aromatic N) is 2. The first-order chi connectivity index (χ1) is 18.5. The largest absolute Gasteiger partial charge is 0.354 e. The van der Waals surface area contributed by atoms with Crippen LogP contribution in [0, 0.1) is 0 Å². The van der Waals surface area contributed by atoms with Gasteiger partial charge in [-0.05, 0) is 61.4 Å². The van der Waals surface area contributed by atoms with Gasteiger partial charge in [-0.3, -0.25) is 13.9 Å².